The number of benzene rings is 2. The molecule has 0 saturated heterocycles. The van der Waals surface area contributed by atoms with Crippen molar-refractivity contribution in [2.75, 3.05) is 5.73 Å². The van der Waals surface area contributed by atoms with Crippen molar-refractivity contribution < 1.29 is 9.13 Å². The second-order valence-corrected chi connectivity index (χ2v) is 4.88. The van der Waals surface area contributed by atoms with Crippen LogP contribution in [0.25, 0.3) is 0 Å². The van der Waals surface area contributed by atoms with E-state index in [1.165, 1.54) is 6.07 Å². The van der Waals surface area contributed by atoms with Crippen LogP contribution in [-0.4, -0.2) is 0 Å². The third kappa shape index (κ3) is 2.82. The number of nitrogen functional groups attached to an aromatic ring is 1. The number of anilines is 1. The van der Waals surface area contributed by atoms with Gasteiger partial charge in [-0.15, -0.1) is 0 Å². The maximum atomic E-state index is 13.1. The van der Waals surface area contributed by atoms with Gasteiger partial charge >= 0.3 is 0 Å². The molecule has 4 heteroatoms. The van der Waals surface area contributed by atoms with E-state index in [1.54, 1.807) is 12.1 Å². The first-order valence-electron chi connectivity index (χ1n) is 5.50. The van der Waals surface area contributed by atoms with Gasteiger partial charge in [0.2, 0.25) is 0 Å². The fourth-order valence-corrected chi connectivity index (χ4v) is 2.00. The number of halogens is 2. The van der Waals surface area contributed by atoms with Crippen LogP contribution in [0.3, 0.4) is 0 Å². The Morgan fingerprint density at radius 1 is 1.28 bits per heavy atom. The minimum Gasteiger partial charge on any atom is -0.487 e. The second-order valence-electron chi connectivity index (χ2n) is 4.02. The van der Waals surface area contributed by atoms with E-state index in [2.05, 4.69) is 15.9 Å². The molecule has 0 unspecified atom stereocenters. The smallest absolute Gasteiger partial charge is 0.142 e. The molecule has 2 aromatic rings. The Labute approximate surface area is 114 Å². The molecule has 2 N–H and O–H groups in total. The van der Waals surface area contributed by atoms with Crippen LogP contribution in [0.15, 0.2) is 40.9 Å². The zero-order chi connectivity index (χ0) is 13.1. The zero-order valence-electron chi connectivity index (χ0n) is 9.91. The molecule has 0 aliphatic rings. The molecule has 0 fully saturated rings. The summed E-state index contributed by atoms with van der Waals surface area (Å²) in [5.74, 6) is 0.365. The Hall–Kier alpha value is -1.55. The van der Waals surface area contributed by atoms with Gasteiger partial charge in [0, 0.05) is 0 Å². The van der Waals surface area contributed by atoms with Crippen LogP contribution in [0.5, 0.6) is 5.75 Å². The molecule has 0 atom stereocenters. The predicted molar refractivity (Wildman–Crippen MR) is 74.0 cm³/mol. The highest BCUT2D eigenvalue weighted by Gasteiger charge is 2.04. The molecule has 0 aliphatic heterocycles. The van der Waals surface area contributed by atoms with Crippen LogP contribution >= 0.6 is 15.9 Å². The van der Waals surface area contributed by atoms with E-state index in [9.17, 15) is 4.39 Å². The zero-order valence-corrected chi connectivity index (χ0v) is 11.5. The van der Waals surface area contributed by atoms with E-state index in [4.69, 9.17) is 10.5 Å². The van der Waals surface area contributed by atoms with Crippen molar-refractivity contribution in [3.8, 4) is 5.75 Å². The Balaban J connectivity index is 2.11. The van der Waals surface area contributed by atoms with Gasteiger partial charge in [0.1, 0.15) is 18.2 Å². The Bertz CT molecular complexity index is 572. The van der Waals surface area contributed by atoms with E-state index in [0.29, 0.717) is 22.5 Å². The highest BCUT2D eigenvalue weighted by atomic mass is 79.9. The first kappa shape index (κ1) is 12.9. The fraction of sp³-hybridized carbons (Fsp3) is 0.143. The normalized spacial score (nSPS) is 10.4. The number of nitrogens with two attached hydrogens (primary N) is 1. The largest absolute Gasteiger partial charge is 0.487 e. The third-order valence-corrected chi connectivity index (χ3v) is 3.27. The molecule has 2 nitrogen and oxygen atoms in total. The summed E-state index contributed by atoms with van der Waals surface area (Å²) in [7, 11) is 0. The number of hydrogen-bond acceptors (Lipinski definition) is 2. The van der Waals surface area contributed by atoms with Crippen LogP contribution in [-0.2, 0) is 6.61 Å². The third-order valence-electron chi connectivity index (χ3n) is 2.66. The molecule has 2 aromatic carbocycles. The van der Waals surface area contributed by atoms with Gasteiger partial charge in [-0.25, -0.2) is 4.39 Å². The molecule has 0 heterocycles. The van der Waals surface area contributed by atoms with E-state index >= 15 is 0 Å². The van der Waals surface area contributed by atoms with Gasteiger partial charge in [-0.3, -0.25) is 0 Å². The highest BCUT2D eigenvalue weighted by Crippen LogP contribution is 2.25. The number of aryl methyl sites for hydroxylation is 1. The van der Waals surface area contributed by atoms with E-state index in [0.717, 1.165) is 11.1 Å². The minimum atomic E-state index is -0.284. The lowest BCUT2D eigenvalue weighted by Gasteiger charge is -2.10. The van der Waals surface area contributed by atoms with Crippen molar-refractivity contribution in [1.29, 1.82) is 0 Å². The first-order valence-corrected chi connectivity index (χ1v) is 6.29. The van der Waals surface area contributed by atoms with Gasteiger partial charge in [0.15, 0.2) is 0 Å². The SMILES string of the molecule is Cc1cccc(OCc2ccc(F)c(Br)c2)c1N. The lowest BCUT2D eigenvalue weighted by atomic mass is 10.2. The van der Waals surface area contributed by atoms with Crippen LogP contribution in [0, 0.1) is 12.7 Å². The first-order chi connectivity index (χ1) is 8.58. The molecule has 0 radical (unpaired) electrons. The predicted octanol–water partition coefficient (Wildman–Crippen LogP) is 4.06. The maximum absolute atomic E-state index is 13.1. The average Bonchev–Trinajstić information content (AvgIpc) is 2.35. The van der Waals surface area contributed by atoms with Crippen molar-refractivity contribution in [1.82, 2.24) is 0 Å². The molecule has 2 rings (SSSR count). The van der Waals surface area contributed by atoms with Crippen LogP contribution in [0.4, 0.5) is 10.1 Å². The van der Waals surface area contributed by atoms with Crippen LogP contribution in [0.1, 0.15) is 11.1 Å². The molecule has 0 saturated carbocycles. The number of rotatable bonds is 3. The van der Waals surface area contributed by atoms with Crippen molar-refractivity contribution in [2.45, 2.75) is 13.5 Å². The number of para-hydroxylation sites is 1. The number of hydrogen-bond donors (Lipinski definition) is 1. The summed E-state index contributed by atoms with van der Waals surface area (Å²) in [4.78, 5) is 0. The van der Waals surface area contributed by atoms with Gasteiger partial charge in [-0.05, 0) is 52.2 Å². The summed E-state index contributed by atoms with van der Waals surface area (Å²) in [5, 5.41) is 0. The standard InChI is InChI=1S/C14H13BrFNO/c1-9-3-2-4-13(14(9)17)18-8-10-5-6-12(16)11(15)7-10/h2-7H,8,17H2,1H3. The minimum absolute atomic E-state index is 0.284. The highest BCUT2D eigenvalue weighted by molar-refractivity contribution is 9.10. The summed E-state index contributed by atoms with van der Waals surface area (Å²) >= 11 is 3.14. The van der Waals surface area contributed by atoms with Gasteiger partial charge in [-0.1, -0.05) is 18.2 Å². The Morgan fingerprint density at radius 2 is 2.06 bits per heavy atom. The molecular weight excluding hydrogens is 297 g/mol. The molecule has 0 bridgehead atoms. The summed E-state index contributed by atoms with van der Waals surface area (Å²) in [6, 6.07) is 10.4. The summed E-state index contributed by atoms with van der Waals surface area (Å²) in [5.41, 5.74) is 8.40. The van der Waals surface area contributed by atoms with Gasteiger partial charge < -0.3 is 10.5 Å². The molecule has 0 aromatic heterocycles. The monoisotopic (exact) mass is 309 g/mol. The molecule has 18 heavy (non-hydrogen) atoms. The van der Waals surface area contributed by atoms with E-state index in [-0.39, 0.29) is 5.82 Å². The maximum Gasteiger partial charge on any atom is 0.142 e. The number of ether oxygens (including phenoxy) is 1. The Morgan fingerprint density at radius 3 is 2.78 bits per heavy atom. The molecule has 0 amide bonds. The Kier molecular flexibility index (Phi) is 3.87. The van der Waals surface area contributed by atoms with Crippen molar-refractivity contribution >= 4 is 21.6 Å². The van der Waals surface area contributed by atoms with Crippen molar-refractivity contribution in [2.24, 2.45) is 0 Å². The van der Waals surface area contributed by atoms with Gasteiger partial charge in [-0.2, -0.15) is 0 Å². The topological polar surface area (TPSA) is 35.2 Å². The second kappa shape index (κ2) is 5.40. The van der Waals surface area contributed by atoms with Crippen molar-refractivity contribution in [3.05, 3.63) is 57.8 Å². The summed E-state index contributed by atoms with van der Waals surface area (Å²) in [6.45, 7) is 2.28. The lowest BCUT2D eigenvalue weighted by molar-refractivity contribution is 0.307. The molecule has 0 spiro atoms. The van der Waals surface area contributed by atoms with Crippen LogP contribution < -0.4 is 10.5 Å². The molecular formula is C14H13BrFNO. The molecule has 0 aliphatic carbocycles. The summed E-state index contributed by atoms with van der Waals surface area (Å²) in [6.07, 6.45) is 0. The van der Waals surface area contributed by atoms with Gasteiger partial charge in [0.25, 0.3) is 0 Å². The molecule has 94 valence electrons. The summed E-state index contributed by atoms with van der Waals surface area (Å²) < 4.78 is 19.1. The lowest BCUT2D eigenvalue weighted by Crippen LogP contribution is -2.00. The fourth-order valence-electron chi connectivity index (χ4n) is 1.57. The van der Waals surface area contributed by atoms with Crippen LogP contribution in [0.2, 0.25) is 0 Å². The van der Waals surface area contributed by atoms with E-state index < -0.39 is 0 Å². The van der Waals surface area contributed by atoms with E-state index in [1.807, 2.05) is 25.1 Å². The quantitative estimate of drug-likeness (QED) is 0.868. The van der Waals surface area contributed by atoms with Crippen molar-refractivity contribution in [3.63, 3.8) is 0 Å². The average molecular weight is 310 g/mol. The van der Waals surface area contributed by atoms with Gasteiger partial charge in [0.05, 0.1) is 10.2 Å².